The maximum absolute atomic E-state index is 12.0. The molecule has 20 heavy (non-hydrogen) atoms. The number of ketones is 1. The summed E-state index contributed by atoms with van der Waals surface area (Å²) in [5, 5.41) is 0.850. The van der Waals surface area contributed by atoms with E-state index in [4.69, 9.17) is 27.9 Å². The molecule has 0 saturated heterocycles. The minimum atomic E-state index is -0.202. The van der Waals surface area contributed by atoms with Crippen LogP contribution in [-0.2, 0) is 0 Å². The summed E-state index contributed by atoms with van der Waals surface area (Å²) in [6, 6.07) is 12.3. The highest BCUT2D eigenvalue weighted by atomic mass is 35.5. The first-order valence-corrected chi connectivity index (χ1v) is 7.83. The highest BCUT2D eigenvalue weighted by Crippen LogP contribution is 2.22. The van der Waals surface area contributed by atoms with Crippen molar-refractivity contribution in [2.24, 2.45) is 0 Å². The van der Waals surface area contributed by atoms with E-state index in [0.717, 1.165) is 4.90 Å². The van der Waals surface area contributed by atoms with Gasteiger partial charge in [-0.25, -0.2) is 0 Å². The van der Waals surface area contributed by atoms with Gasteiger partial charge in [0.1, 0.15) is 5.75 Å². The fourth-order valence-corrected chi connectivity index (χ4v) is 2.41. The second-order valence-corrected chi connectivity index (χ2v) is 5.73. The minimum Gasteiger partial charge on any atom is -0.485 e. The van der Waals surface area contributed by atoms with Crippen LogP contribution in [0.3, 0.4) is 0 Å². The minimum absolute atomic E-state index is 0.0708. The summed E-state index contributed by atoms with van der Waals surface area (Å²) in [7, 11) is 0. The van der Waals surface area contributed by atoms with Crippen molar-refractivity contribution in [1.82, 2.24) is 0 Å². The Bertz CT molecular complexity index is 612. The van der Waals surface area contributed by atoms with E-state index in [1.54, 1.807) is 30.0 Å². The van der Waals surface area contributed by atoms with Gasteiger partial charge in [0.05, 0.1) is 5.02 Å². The number of thioether (sulfide) groups is 1. The molecule has 2 rings (SSSR count). The summed E-state index contributed by atoms with van der Waals surface area (Å²) in [4.78, 5) is 13.2. The molecular weight excluding hydrogens is 315 g/mol. The van der Waals surface area contributed by atoms with Gasteiger partial charge in [-0.3, -0.25) is 4.79 Å². The molecule has 0 bridgehead atoms. The average Bonchev–Trinajstić information content (AvgIpc) is 2.47. The number of hydrogen-bond donors (Lipinski definition) is 0. The van der Waals surface area contributed by atoms with E-state index in [1.807, 2.05) is 30.5 Å². The number of carbonyl (C=O) groups is 1. The van der Waals surface area contributed by atoms with Gasteiger partial charge in [-0.05, 0) is 48.7 Å². The number of hydrogen-bond acceptors (Lipinski definition) is 3. The lowest BCUT2D eigenvalue weighted by Crippen LogP contribution is -2.12. The van der Waals surface area contributed by atoms with Gasteiger partial charge in [-0.15, -0.1) is 11.8 Å². The van der Waals surface area contributed by atoms with Crippen LogP contribution in [0.1, 0.15) is 10.4 Å². The SMILES string of the molecule is CSc1ccc(OCC(=O)c2cc(Cl)ccc2Cl)cc1. The molecule has 0 aliphatic rings. The molecule has 0 heterocycles. The van der Waals surface area contributed by atoms with Crippen molar-refractivity contribution in [3.05, 3.63) is 58.1 Å². The van der Waals surface area contributed by atoms with Crippen LogP contribution in [0, 0.1) is 0 Å². The molecule has 0 fully saturated rings. The second-order valence-electron chi connectivity index (χ2n) is 4.01. The highest BCUT2D eigenvalue weighted by molar-refractivity contribution is 7.98. The van der Waals surface area contributed by atoms with Crippen LogP contribution in [0.4, 0.5) is 0 Å². The molecule has 0 N–H and O–H groups in total. The molecule has 0 amide bonds. The van der Waals surface area contributed by atoms with E-state index in [2.05, 4.69) is 0 Å². The molecule has 0 unspecified atom stereocenters. The molecule has 5 heteroatoms. The summed E-state index contributed by atoms with van der Waals surface area (Å²) in [6.45, 7) is -0.0708. The molecule has 2 aromatic rings. The molecule has 0 radical (unpaired) electrons. The maximum atomic E-state index is 12.0. The van der Waals surface area contributed by atoms with Crippen molar-refractivity contribution < 1.29 is 9.53 Å². The Balaban J connectivity index is 2.02. The van der Waals surface area contributed by atoms with Gasteiger partial charge in [0, 0.05) is 15.5 Å². The van der Waals surface area contributed by atoms with Crippen molar-refractivity contribution in [1.29, 1.82) is 0 Å². The van der Waals surface area contributed by atoms with Crippen LogP contribution in [0.15, 0.2) is 47.4 Å². The van der Waals surface area contributed by atoms with Gasteiger partial charge >= 0.3 is 0 Å². The Labute approximate surface area is 132 Å². The molecule has 0 aromatic heterocycles. The van der Waals surface area contributed by atoms with Gasteiger partial charge in [0.15, 0.2) is 6.61 Å². The lowest BCUT2D eigenvalue weighted by molar-refractivity contribution is 0.0921. The highest BCUT2D eigenvalue weighted by Gasteiger charge is 2.12. The van der Waals surface area contributed by atoms with Crippen molar-refractivity contribution in [2.75, 3.05) is 12.9 Å². The first kappa shape index (κ1) is 15.2. The number of rotatable bonds is 5. The van der Waals surface area contributed by atoms with E-state index >= 15 is 0 Å². The van der Waals surface area contributed by atoms with Crippen LogP contribution in [0.2, 0.25) is 10.0 Å². The largest absolute Gasteiger partial charge is 0.485 e. The number of halogens is 2. The summed E-state index contributed by atoms with van der Waals surface area (Å²) < 4.78 is 5.46. The zero-order valence-electron chi connectivity index (χ0n) is 10.7. The van der Waals surface area contributed by atoms with Crippen molar-refractivity contribution in [2.45, 2.75) is 4.90 Å². The third-order valence-electron chi connectivity index (χ3n) is 2.66. The standard InChI is InChI=1S/C15H12Cl2O2S/c1-20-12-5-3-11(4-6-12)19-9-15(18)13-8-10(16)2-7-14(13)17/h2-8H,9H2,1H3. The first-order chi connectivity index (χ1) is 9.60. The van der Waals surface area contributed by atoms with Gasteiger partial charge in [-0.2, -0.15) is 0 Å². The lowest BCUT2D eigenvalue weighted by atomic mass is 10.1. The second kappa shape index (κ2) is 7.02. The fourth-order valence-electron chi connectivity index (χ4n) is 1.61. The fraction of sp³-hybridized carbons (Fsp3) is 0.133. The molecular formula is C15H12Cl2O2S. The Kier molecular flexibility index (Phi) is 5.35. The summed E-state index contributed by atoms with van der Waals surface area (Å²) >= 11 is 13.5. The summed E-state index contributed by atoms with van der Waals surface area (Å²) in [5.74, 6) is 0.445. The smallest absolute Gasteiger partial charge is 0.201 e. The Hall–Kier alpha value is -1.16. The van der Waals surface area contributed by atoms with Crippen molar-refractivity contribution in [3.63, 3.8) is 0 Å². The molecule has 0 saturated carbocycles. The van der Waals surface area contributed by atoms with E-state index in [-0.39, 0.29) is 12.4 Å². The monoisotopic (exact) mass is 326 g/mol. The number of ether oxygens (including phenoxy) is 1. The predicted molar refractivity (Wildman–Crippen MR) is 84.5 cm³/mol. The van der Waals surface area contributed by atoms with Crippen LogP contribution < -0.4 is 4.74 Å². The zero-order chi connectivity index (χ0) is 14.5. The molecule has 2 nitrogen and oxygen atoms in total. The molecule has 0 aliphatic carbocycles. The molecule has 2 aromatic carbocycles. The Morgan fingerprint density at radius 3 is 2.50 bits per heavy atom. The quantitative estimate of drug-likeness (QED) is 0.572. The molecule has 0 spiro atoms. The third kappa shape index (κ3) is 3.92. The van der Waals surface area contributed by atoms with E-state index in [1.165, 1.54) is 0 Å². The summed E-state index contributed by atoms with van der Waals surface area (Å²) in [5.41, 5.74) is 0.375. The van der Waals surface area contributed by atoms with Crippen LogP contribution in [0.5, 0.6) is 5.75 Å². The van der Waals surface area contributed by atoms with Gasteiger partial charge < -0.3 is 4.74 Å². The summed E-state index contributed by atoms with van der Waals surface area (Å²) in [6.07, 6.45) is 2.00. The van der Waals surface area contributed by atoms with Gasteiger partial charge in [-0.1, -0.05) is 23.2 Å². The van der Waals surface area contributed by atoms with Gasteiger partial charge in [0.25, 0.3) is 0 Å². The Morgan fingerprint density at radius 1 is 1.15 bits per heavy atom. The van der Waals surface area contributed by atoms with Gasteiger partial charge in [0.2, 0.25) is 5.78 Å². The zero-order valence-corrected chi connectivity index (χ0v) is 13.1. The average molecular weight is 327 g/mol. The van der Waals surface area contributed by atoms with E-state index in [9.17, 15) is 4.79 Å². The number of Topliss-reactive ketones (excluding diaryl/α,β-unsaturated/α-hetero) is 1. The first-order valence-electron chi connectivity index (χ1n) is 5.85. The predicted octanol–water partition coefficient (Wildman–Crippen LogP) is 4.98. The van der Waals surface area contributed by atoms with Crippen LogP contribution in [-0.4, -0.2) is 18.6 Å². The normalized spacial score (nSPS) is 10.3. The lowest BCUT2D eigenvalue weighted by Gasteiger charge is -2.07. The Morgan fingerprint density at radius 2 is 1.85 bits per heavy atom. The molecule has 0 aliphatic heterocycles. The topological polar surface area (TPSA) is 26.3 Å². The molecule has 0 atom stereocenters. The van der Waals surface area contributed by atoms with Crippen LogP contribution in [0.25, 0.3) is 0 Å². The van der Waals surface area contributed by atoms with E-state index < -0.39 is 0 Å². The van der Waals surface area contributed by atoms with Crippen molar-refractivity contribution in [3.8, 4) is 5.75 Å². The third-order valence-corrected chi connectivity index (χ3v) is 3.97. The van der Waals surface area contributed by atoms with Crippen LogP contribution >= 0.6 is 35.0 Å². The molecule has 104 valence electrons. The number of benzene rings is 2. The maximum Gasteiger partial charge on any atom is 0.201 e. The van der Waals surface area contributed by atoms with Crippen molar-refractivity contribution >= 4 is 40.7 Å². The van der Waals surface area contributed by atoms with E-state index in [0.29, 0.717) is 21.4 Å². The number of carbonyl (C=O) groups excluding carboxylic acids is 1.